The monoisotopic (exact) mass is 248 g/mol. The molecule has 100 valence electrons. The summed E-state index contributed by atoms with van der Waals surface area (Å²) in [5.41, 5.74) is 7.13. The van der Waals surface area contributed by atoms with Crippen LogP contribution in [0.15, 0.2) is 30.3 Å². The van der Waals surface area contributed by atoms with Crippen LogP contribution in [0.1, 0.15) is 30.9 Å². The summed E-state index contributed by atoms with van der Waals surface area (Å²) in [6.45, 7) is 3.20. The molecule has 3 heteroatoms. The summed E-state index contributed by atoms with van der Waals surface area (Å²) in [7, 11) is 0. The average molecular weight is 248 g/mol. The molecule has 0 aromatic heterocycles. The van der Waals surface area contributed by atoms with Crippen LogP contribution in [0.5, 0.6) is 0 Å². The van der Waals surface area contributed by atoms with E-state index in [4.69, 9.17) is 5.73 Å². The molecule has 0 spiro atoms. The zero-order chi connectivity index (χ0) is 12.8. The number of piperidine rings is 1. The molecule has 0 saturated carbocycles. The van der Waals surface area contributed by atoms with Gasteiger partial charge in [0.25, 0.3) is 0 Å². The first-order chi connectivity index (χ1) is 8.85. The maximum atomic E-state index is 9.20. The summed E-state index contributed by atoms with van der Waals surface area (Å²) in [6.07, 6.45) is 3.21. The standard InChI is InChI=1S/C15H24N2O/c16-9-6-15(14-4-2-1-3-5-14)17-10-7-13(12-18)8-11-17/h1-5,13,15,18H,6-12,16H2. The van der Waals surface area contributed by atoms with Crippen LogP contribution in [-0.2, 0) is 0 Å². The smallest absolute Gasteiger partial charge is 0.0460 e. The van der Waals surface area contributed by atoms with E-state index < -0.39 is 0 Å². The summed E-state index contributed by atoms with van der Waals surface area (Å²) in [6, 6.07) is 11.1. The molecule has 1 heterocycles. The Morgan fingerprint density at radius 2 is 1.89 bits per heavy atom. The van der Waals surface area contributed by atoms with Crippen LogP contribution < -0.4 is 5.73 Å². The number of nitrogens with two attached hydrogens (primary N) is 1. The lowest BCUT2D eigenvalue weighted by Gasteiger charge is -2.37. The van der Waals surface area contributed by atoms with Gasteiger partial charge < -0.3 is 10.8 Å². The molecule has 0 amide bonds. The minimum absolute atomic E-state index is 0.334. The van der Waals surface area contributed by atoms with E-state index in [0.29, 0.717) is 18.6 Å². The highest BCUT2D eigenvalue weighted by Crippen LogP contribution is 2.28. The fraction of sp³-hybridized carbons (Fsp3) is 0.600. The third-order valence-electron chi connectivity index (χ3n) is 3.97. The van der Waals surface area contributed by atoms with Crippen molar-refractivity contribution < 1.29 is 5.11 Å². The van der Waals surface area contributed by atoms with E-state index in [1.54, 1.807) is 0 Å². The van der Waals surface area contributed by atoms with Crippen LogP contribution in [0.3, 0.4) is 0 Å². The summed E-state index contributed by atoms with van der Waals surface area (Å²) in [5, 5.41) is 9.20. The first-order valence-electron chi connectivity index (χ1n) is 6.95. The lowest BCUT2D eigenvalue weighted by Crippen LogP contribution is -2.38. The minimum Gasteiger partial charge on any atom is -0.396 e. The first kappa shape index (κ1) is 13.5. The molecule has 1 fully saturated rings. The highest BCUT2D eigenvalue weighted by molar-refractivity contribution is 5.19. The third-order valence-corrected chi connectivity index (χ3v) is 3.97. The van der Waals surface area contributed by atoms with E-state index in [0.717, 1.165) is 38.9 Å². The summed E-state index contributed by atoms with van der Waals surface area (Å²) in [5.74, 6) is 0.496. The second kappa shape index (κ2) is 6.88. The number of likely N-dealkylation sites (tertiary alicyclic amines) is 1. The van der Waals surface area contributed by atoms with Crippen LogP contribution in [0, 0.1) is 5.92 Å². The Kier molecular flexibility index (Phi) is 5.17. The number of rotatable bonds is 5. The average Bonchev–Trinajstić information content (AvgIpc) is 2.46. The second-order valence-corrected chi connectivity index (χ2v) is 5.17. The first-order valence-corrected chi connectivity index (χ1v) is 6.95. The Morgan fingerprint density at radius 3 is 2.44 bits per heavy atom. The molecule has 1 saturated heterocycles. The summed E-state index contributed by atoms with van der Waals surface area (Å²) in [4.78, 5) is 2.52. The number of nitrogens with zero attached hydrogens (tertiary/aromatic N) is 1. The maximum absolute atomic E-state index is 9.20. The highest BCUT2D eigenvalue weighted by Gasteiger charge is 2.25. The van der Waals surface area contributed by atoms with Crippen LogP contribution >= 0.6 is 0 Å². The molecule has 0 aliphatic carbocycles. The molecule has 1 unspecified atom stereocenters. The van der Waals surface area contributed by atoms with Crippen molar-refractivity contribution in [2.24, 2.45) is 11.7 Å². The van der Waals surface area contributed by atoms with Crippen molar-refractivity contribution in [3.8, 4) is 0 Å². The van der Waals surface area contributed by atoms with E-state index in [9.17, 15) is 5.11 Å². The predicted octanol–water partition coefficient (Wildman–Crippen LogP) is 1.78. The zero-order valence-corrected chi connectivity index (χ0v) is 11.0. The minimum atomic E-state index is 0.334. The number of benzene rings is 1. The van der Waals surface area contributed by atoms with Crippen LogP contribution in [0.4, 0.5) is 0 Å². The highest BCUT2D eigenvalue weighted by atomic mass is 16.3. The fourth-order valence-electron chi connectivity index (χ4n) is 2.84. The molecule has 3 N–H and O–H groups in total. The van der Waals surface area contributed by atoms with Crippen LogP contribution in [0.2, 0.25) is 0 Å². The van der Waals surface area contributed by atoms with Gasteiger partial charge in [0.1, 0.15) is 0 Å². The quantitative estimate of drug-likeness (QED) is 0.835. The van der Waals surface area contributed by atoms with E-state index in [1.165, 1.54) is 5.56 Å². The molecule has 1 aromatic carbocycles. The van der Waals surface area contributed by atoms with Gasteiger partial charge in [0.05, 0.1) is 0 Å². The van der Waals surface area contributed by atoms with E-state index >= 15 is 0 Å². The molecule has 18 heavy (non-hydrogen) atoms. The normalized spacial score (nSPS) is 19.9. The molecule has 0 bridgehead atoms. The Morgan fingerprint density at radius 1 is 1.22 bits per heavy atom. The molecule has 1 aromatic rings. The molecular formula is C15H24N2O. The van der Waals surface area contributed by atoms with E-state index in [-0.39, 0.29) is 0 Å². The fourth-order valence-corrected chi connectivity index (χ4v) is 2.84. The van der Waals surface area contributed by atoms with Gasteiger partial charge in [-0.15, -0.1) is 0 Å². The van der Waals surface area contributed by atoms with Crippen molar-refractivity contribution >= 4 is 0 Å². The van der Waals surface area contributed by atoms with Gasteiger partial charge >= 0.3 is 0 Å². The van der Waals surface area contributed by atoms with Gasteiger partial charge in [0, 0.05) is 12.6 Å². The third kappa shape index (κ3) is 3.31. The van der Waals surface area contributed by atoms with Crippen LogP contribution in [0.25, 0.3) is 0 Å². The van der Waals surface area contributed by atoms with Gasteiger partial charge in [-0.05, 0) is 50.4 Å². The van der Waals surface area contributed by atoms with Gasteiger partial charge in [0.2, 0.25) is 0 Å². The maximum Gasteiger partial charge on any atom is 0.0460 e. The molecule has 1 aliphatic heterocycles. The van der Waals surface area contributed by atoms with Crippen molar-refractivity contribution in [2.45, 2.75) is 25.3 Å². The Hall–Kier alpha value is -0.900. The van der Waals surface area contributed by atoms with E-state index in [2.05, 4.69) is 35.2 Å². The zero-order valence-electron chi connectivity index (χ0n) is 11.0. The van der Waals surface area contributed by atoms with Crippen LogP contribution in [-0.4, -0.2) is 36.2 Å². The summed E-state index contributed by atoms with van der Waals surface area (Å²) >= 11 is 0. The van der Waals surface area contributed by atoms with Gasteiger partial charge in [-0.2, -0.15) is 0 Å². The number of aliphatic hydroxyl groups is 1. The number of hydrogen-bond donors (Lipinski definition) is 2. The Bertz CT molecular complexity index is 334. The lowest BCUT2D eigenvalue weighted by molar-refractivity contribution is 0.0971. The Labute approximate surface area is 110 Å². The predicted molar refractivity (Wildman–Crippen MR) is 74.2 cm³/mol. The Balaban J connectivity index is 2.02. The van der Waals surface area contributed by atoms with Crippen molar-refractivity contribution in [1.29, 1.82) is 0 Å². The number of hydrogen-bond acceptors (Lipinski definition) is 3. The van der Waals surface area contributed by atoms with E-state index in [1.807, 2.05) is 0 Å². The largest absolute Gasteiger partial charge is 0.396 e. The van der Waals surface area contributed by atoms with Gasteiger partial charge in [0.15, 0.2) is 0 Å². The second-order valence-electron chi connectivity index (χ2n) is 5.17. The van der Waals surface area contributed by atoms with Crippen molar-refractivity contribution in [3.05, 3.63) is 35.9 Å². The SMILES string of the molecule is NCCC(c1ccccc1)N1CCC(CO)CC1. The molecular weight excluding hydrogens is 224 g/mol. The molecule has 0 radical (unpaired) electrons. The van der Waals surface area contributed by atoms with Crippen molar-refractivity contribution in [1.82, 2.24) is 4.90 Å². The number of aliphatic hydroxyl groups excluding tert-OH is 1. The molecule has 1 atom stereocenters. The van der Waals surface area contributed by atoms with Gasteiger partial charge in [-0.3, -0.25) is 4.90 Å². The molecule has 1 aliphatic rings. The van der Waals surface area contributed by atoms with Crippen molar-refractivity contribution in [2.75, 3.05) is 26.2 Å². The van der Waals surface area contributed by atoms with Crippen molar-refractivity contribution in [3.63, 3.8) is 0 Å². The van der Waals surface area contributed by atoms with Gasteiger partial charge in [-0.1, -0.05) is 30.3 Å². The summed E-state index contributed by atoms with van der Waals surface area (Å²) < 4.78 is 0. The van der Waals surface area contributed by atoms with Gasteiger partial charge in [-0.25, -0.2) is 0 Å². The topological polar surface area (TPSA) is 49.5 Å². The molecule has 2 rings (SSSR count). The lowest BCUT2D eigenvalue weighted by atomic mass is 9.94. The molecule has 3 nitrogen and oxygen atoms in total.